The van der Waals surface area contributed by atoms with Crippen molar-refractivity contribution in [2.45, 2.75) is 65.3 Å². The van der Waals surface area contributed by atoms with Crippen LogP contribution in [0.5, 0.6) is 0 Å². The second-order valence-electron chi connectivity index (χ2n) is 5.86. The Kier molecular flexibility index (Phi) is 5.62. The molecule has 2 N–H and O–H groups in total. The highest BCUT2D eigenvalue weighted by Gasteiger charge is 2.24. The Morgan fingerprint density at radius 1 is 1.20 bits per heavy atom. The summed E-state index contributed by atoms with van der Waals surface area (Å²) < 4.78 is 0. The van der Waals surface area contributed by atoms with Gasteiger partial charge in [-0.2, -0.15) is 0 Å². The minimum Gasteiger partial charge on any atom is -0.370 e. The van der Waals surface area contributed by atoms with E-state index in [2.05, 4.69) is 41.4 Å². The van der Waals surface area contributed by atoms with Crippen molar-refractivity contribution in [3.8, 4) is 0 Å². The number of aromatic nitrogens is 2. The van der Waals surface area contributed by atoms with Crippen LogP contribution >= 0.6 is 0 Å². The molecule has 0 saturated heterocycles. The van der Waals surface area contributed by atoms with Crippen molar-refractivity contribution in [2.75, 3.05) is 17.2 Å². The maximum atomic E-state index is 4.65. The van der Waals surface area contributed by atoms with Crippen molar-refractivity contribution in [1.82, 2.24) is 9.97 Å². The van der Waals surface area contributed by atoms with Crippen molar-refractivity contribution in [3.05, 3.63) is 11.9 Å². The molecule has 112 valence electrons. The van der Waals surface area contributed by atoms with E-state index in [0.29, 0.717) is 6.04 Å². The molecular formula is C16H28N4. The molecule has 1 heterocycles. The van der Waals surface area contributed by atoms with E-state index in [9.17, 15) is 0 Å². The molecule has 2 rings (SSSR count). The van der Waals surface area contributed by atoms with Gasteiger partial charge in [0.1, 0.15) is 17.5 Å². The summed E-state index contributed by atoms with van der Waals surface area (Å²) in [4.78, 5) is 9.23. The van der Waals surface area contributed by atoms with Crippen LogP contribution in [0.25, 0.3) is 0 Å². The molecule has 0 aliphatic heterocycles. The summed E-state index contributed by atoms with van der Waals surface area (Å²) in [6, 6.07) is 2.55. The summed E-state index contributed by atoms with van der Waals surface area (Å²) >= 11 is 0. The maximum Gasteiger partial charge on any atom is 0.133 e. The summed E-state index contributed by atoms with van der Waals surface area (Å²) in [7, 11) is 0. The third-order valence-electron chi connectivity index (χ3n) is 4.03. The number of hydrogen-bond acceptors (Lipinski definition) is 4. The molecule has 1 atom stereocenters. The molecule has 1 unspecified atom stereocenters. The monoisotopic (exact) mass is 276 g/mol. The largest absolute Gasteiger partial charge is 0.370 e. The first-order valence-electron chi connectivity index (χ1n) is 8.11. The topological polar surface area (TPSA) is 49.8 Å². The summed E-state index contributed by atoms with van der Waals surface area (Å²) in [5.41, 5.74) is 0. The van der Waals surface area contributed by atoms with Gasteiger partial charge < -0.3 is 10.6 Å². The van der Waals surface area contributed by atoms with E-state index in [1.807, 2.05) is 6.07 Å². The molecule has 4 nitrogen and oxygen atoms in total. The van der Waals surface area contributed by atoms with Crippen LogP contribution in [0, 0.1) is 5.92 Å². The molecule has 0 amide bonds. The van der Waals surface area contributed by atoms with Gasteiger partial charge in [-0.3, -0.25) is 0 Å². The molecule has 4 heteroatoms. The highest BCUT2D eigenvalue weighted by molar-refractivity contribution is 5.48. The molecule has 1 aromatic heterocycles. The molecule has 1 saturated carbocycles. The smallest absolute Gasteiger partial charge is 0.133 e. The zero-order chi connectivity index (χ0) is 14.4. The average molecular weight is 276 g/mol. The number of rotatable bonds is 8. The van der Waals surface area contributed by atoms with Gasteiger partial charge in [0.15, 0.2) is 0 Å². The second-order valence-corrected chi connectivity index (χ2v) is 5.86. The summed E-state index contributed by atoms with van der Waals surface area (Å²) in [6.45, 7) is 7.56. The van der Waals surface area contributed by atoms with E-state index in [0.717, 1.165) is 49.2 Å². The normalized spacial score (nSPS) is 16.6. The number of nitrogens with one attached hydrogen (secondary N) is 2. The van der Waals surface area contributed by atoms with E-state index in [1.165, 1.54) is 19.3 Å². The van der Waals surface area contributed by atoms with E-state index in [1.54, 1.807) is 0 Å². The SMILES string of the molecule is CCCNc1cc(NC(C)C2CCC2)nc(CCC)n1. The maximum absolute atomic E-state index is 4.65. The first kappa shape index (κ1) is 15.1. The minimum atomic E-state index is 0.507. The molecule has 0 radical (unpaired) electrons. The van der Waals surface area contributed by atoms with Gasteiger partial charge in [-0.1, -0.05) is 20.3 Å². The van der Waals surface area contributed by atoms with Gasteiger partial charge in [-0.05, 0) is 38.5 Å². The first-order chi connectivity index (χ1) is 9.72. The molecular weight excluding hydrogens is 248 g/mol. The van der Waals surface area contributed by atoms with Crippen LogP contribution in [-0.4, -0.2) is 22.6 Å². The average Bonchev–Trinajstić information content (AvgIpc) is 2.34. The molecule has 1 aromatic rings. The predicted octanol–water partition coefficient (Wildman–Crippen LogP) is 3.85. The summed E-state index contributed by atoms with van der Waals surface area (Å²) in [6.07, 6.45) is 7.20. The molecule has 1 fully saturated rings. The zero-order valence-electron chi connectivity index (χ0n) is 13.1. The fourth-order valence-electron chi connectivity index (χ4n) is 2.54. The third-order valence-corrected chi connectivity index (χ3v) is 4.03. The van der Waals surface area contributed by atoms with Crippen LogP contribution in [0.15, 0.2) is 6.07 Å². The molecule has 1 aliphatic carbocycles. The quantitative estimate of drug-likeness (QED) is 0.757. The lowest BCUT2D eigenvalue weighted by atomic mass is 9.80. The van der Waals surface area contributed by atoms with Crippen LogP contribution in [0.4, 0.5) is 11.6 Å². The third kappa shape index (κ3) is 4.09. The Morgan fingerprint density at radius 2 is 1.95 bits per heavy atom. The molecule has 0 bridgehead atoms. The standard InChI is InChI=1S/C16H28N4/c1-4-7-14-19-15(17-10-5-2)11-16(20-14)18-12(3)13-8-6-9-13/h11-13H,4-10H2,1-3H3,(H2,17,18,19,20). The molecule has 1 aliphatic rings. The van der Waals surface area contributed by atoms with Crippen LogP contribution in [0.1, 0.15) is 58.7 Å². The van der Waals surface area contributed by atoms with Crippen molar-refractivity contribution < 1.29 is 0 Å². The van der Waals surface area contributed by atoms with Gasteiger partial charge in [0.2, 0.25) is 0 Å². The lowest BCUT2D eigenvalue weighted by molar-refractivity contribution is 0.285. The van der Waals surface area contributed by atoms with Gasteiger partial charge in [-0.25, -0.2) is 9.97 Å². The fraction of sp³-hybridized carbons (Fsp3) is 0.750. The van der Waals surface area contributed by atoms with Gasteiger partial charge >= 0.3 is 0 Å². The predicted molar refractivity (Wildman–Crippen MR) is 85.2 cm³/mol. The van der Waals surface area contributed by atoms with Crippen molar-refractivity contribution in [3.63, 3.8) is 0 Å². The van der Waals surface area contributed by atoms with Crippen molar-refractivity contribution >= 4 is 11.6 Å². The molecule has 0 aromatic carbocycles. The Bertz CT molecular complexity index is 415. The molecule has 0 spiro atoms. The van der Waals surface area contributed by atoms with Gasteiger partial charge in [0.25, 0.3) is 0 Å². The Hall–Kier alpha value is -1.32. The second kappa shape index (κ2) is 7.46. The Balaban J connectivity index is 2.06. The van der Waals surface area contributed by atoms with Crippen LogP contribution in [-0.2, 0) is 6.42 Å². The van der Waals surface area contributed by atoms with Crippen molar-refractivity contribution in [1.29, 1.82) is 0 Å². The van der Waals surface area contributed by atoms with E-state index in [-0.39, 0.29) is 0 Å². The van der Waals surface area contributed by atoms with E-state index >= 15 is 0 Å². The number of anilines is 2. The molecule has 20 heavy (non-hydrogen) atoms. The van der Waals surface area contributed by atoms with E-state index in [4.69, 9.17) is 0 Å². The number of hydrogen-bond donors (Lipinski definition) is 2. The van der Waals surface area contributed by atoms with Crippen LogP contribution in [0.2, 0.25) is 0 Å². The Labute approximate surface area is 122 Å². The highest BCUT2D eigenvalue weighted by Crippen LogP contribution is 2.31. The first-order valence-corrected chi connectivity index (χ1v) is 8.11. The minimum absolute atomic E-state index is 0.507. The Morgan fingerprint density at radius 3 is 2.55 bits per heavy atom. The van der Waals surface area contributed by atoms with Crippen LogP contribution < -0.4 is 10.6 Å². The lowest BCUT2D eigenvalue weighted by Gasteiger charge is -2.32. The fourth-order valence-corrected chi connectivity index (χ4v) is 2.54. The van der Waals surface area contributed by atoms with Gasteiger partial charge in [-0.15, -0.1) is 0 Å². The highest BCUT2D eigenvalue weighted by atomic mass is 15.1. The van der Waals surface area contributed by atoms with Crippen LogP contribution in [0.3, 0.4) is 0 Å². The number of aryl methyl sites for hydroxylation is 1. The van der Waals surface area contributed by atoms with Gasteiger partial charge in [0.05, 0.1) is 0 Å². The summed E-state index contributed by atoms with van der Waals surface area (Å²) in [5.74, 6) is 3.68. The number of nitrogens with zero attached hydrogens (tertiary/aromatic N) is 2. The van der Waals surface area contributed by atoms with Crippen molar-refractivity contribution in [2.24, 2.45) is 5.92 Å². The van der Waals surface area contributed by atoms with E-state index < -0.39 is 0 Å². The zero-order valence-corrected chi connectivity index (χ0v) is 13.1. The van der Waals surface area contributed by atoms with Gasteiger partial charge in [0, 0.05) is 25.1 Å². The lowest BCUT2D eigenvalue weighted by Crippen LogP contribution is -2.31. The summed E-state index contributed by atoms with van der Waals surface area (Å²) in [5, 5.41) is 6.94.